The molecule has 0 saturated heterocycles. The standard InChI is InChI=1S/C13H16O4.Na/c1-2-3-4-8-12(14)17-11-7-5-6-10(9-11)13(15)16;/h5-7,9H,2-4,8H2,1H3,(H,15,16);/q;+1/p-1. The minimum absolute atomic E-state index is 0. The fourth-order valence-electron chi connectivity index (χ4n) is 1.39. The Morgan fingerprint density at radius 2 is 2.00 bits per heavy atom. The minimum atomic E-state index is -1.28. The average molecular weight is 258 g/mol. The number of aromatic carboxylic acids is 1. The van der Waals surface area contributed by atoms with E-state index >= 15 is 0 Å². The molecule has 1 aromatic rings. The fourth-order valence-corrected chi connectivity index (χ4v) is 1.39. The summed E-state index contributed by atoms with van der Waals surface area (Å²) in [7, 11) is 0. The van der Waals surface area contributed by atoms with Crippen molar-refractivity contribution >= 4 is 11.9 Å². The van der Waals surface area contributed by atoms with E-state index in [0.29, 0.717) is 6.42 Å². The second-order valence-electron chi connectivity index (χ2n) is 3.75. The Kier molecular flexibility index (Phi) is 8.71. The van der Waals surface area contributed by atoms with Crippen LogP contribution >= 0.6 is 0 Å². The van der Waals surface area contributed by atoms with Crippen molar-refractivity contribution < 1.29 is 49.0 Å². The van der Waals surface area contributed by atoms with Crippen LogP contribution in [0.1, 0.15) is 43.0 Å². The van der Waals surface area contributed by atoms with Gasteiger partial charge in [-0.2, -0.15) is 0 Å². The second kappa shape index (κ2) is 9.14. The molecule has 1 aromatic carbocycles. The number of carbonyl (C=O) groups is 2. The summed E-state index contributed by atoms with van der Waals surface area (Å²) in [5.41, 5.74) is 0.00357. The predicted molar refractivity (Wildman–Crippen MR) is 60.5 cm³/mol. The van der Waals surface area contributed by atoms with Crippen LogP contribution in [0.2, 0.25) is 0 Å². The van der Waals surface area contributed by atoms with E-state index in [1.165, 1.54) is 18.2 Å². The van der Waals surface area contributed by atoms with Crippen molar-refractivity contribution in [2.75, 3.05) is 0 Å². The first kappa shape index (κ1) is 17.2. The number of carboxylic acids is 1. The Hall–Kier alpha value is -0.840. The molecule has 0 aliphatic heterocycles. The molecule has 0 N–H and O–H groups in total. The molecule has 18 heavy (non-hydrogen) atoms. The second-order valence-corrected chi connectivity index (χ2v) is 3.75. The summed E-state index contributed by atoms with van der Waals surface area (Å²) in [5.74, 6) is -1.38. The van der Waals surface area contributed by atoms with E-state index in [0.717, 1.165) is 19.3 Å². The number of esters is 1. The van der Waals surface area contributed by atoms with Crippen LogP contribution in [0.15, 0.2) is 24.3 Å². The summed E-state index contributed by atoms with van der Waals surface area (Å²) < 4.78 is 5.02. The molecule has 0 atom stereocenters. The summed E-state index contributed by atoms with van der Waals surface area (Å²) >= 11 is 0. The molecule has 0 radical (unpaired) electrons. The number of hydrogen-bond acceptors (Lipinski definition) is 4. The summed E-state index contributed by atoms with van der Waals surface area (Å²) in [6.45, 7) is 2.05. The summed E-state index contributed by atoms with van der Waals surface area (Å²) in [6, 6.07) is 5.74. The van der Waals surface area contributed by atoms with Crippen LogP contribution in [0.4, 0.5) is 0 Å². The van der Waals surface area contributed by atoms with Crippen molar-refractivity contribution in [3.8, 4) is 5.75 Å². The topological polar surface area (TPSA) is 66.4 Å². The zero-order valence-corrected chi connectivity index (χ0v) is 12.8. The van der Waals surface area contributed by atoms with Gasteiger partial charge >= 0.3 is 35.5 Å². The monoisotopic (exact) mass is 258 g/mol. The molecule has 4 nitrogen and oxygen atoms in total. The maximum atomic E-state index is 11.4. The summed E-state index contributed by atoms with van der Waals surface area (Å²) in [6.07, 6.45) is 3.15. The van der Waals surface area contributed by atoms with E-state index in [1.54, 1.807) is 6.07 Å². The van der Waals surface area contributed by atoms with Gasteiger partial charge in [-0.25, -0.2) is 0 Å². The molecule has 0 aliphatic rings. The first-order valence-electron chi connectivity index (χ1n) is 5.65. The Labute approximate surface area is 129 Å². The number of carbonyl (C=O) groups excluding carboxylic acids is 2. The van der Waals surface area contributed by atoms with Crippen molar-refractivity contribution in [3.05, 3.63) is 29.8 Å². The Balaban J connectivity index is 0.00000289. The Bertz CT molecular complexity index is 404. The van der Waals surface area contributed by atoms with Crippen LogP contribution in [0.25, 0.3) is 0 Å². The van der Waals surface area contributed by atoms with Gasteiger partial charge in [0.15, 0.2) is 0 Å². The van der Waals surface area contributed by atoms with Crippen molar-refractivity contribution in [1.29, 1.82) is 0 Å². The van der Waals surface area contributed by atoms with Gasteiger partial charge in [0.2, 0.25) is 0 Å². The Morgan fingerprint density at radius 1 is 1.28 bits per heavy atom. The van der Waals surface area contributed by atoms with Crippen LogP contribution in [0.5, 0.6) is 5.75 Å². The molecule has 92 valence electrons. The fraction of sp³-hybridized carbons (Fsp3) is 0.385. The van der Waals surface area contributed by atoms with Gasteiger partial charge in [-0.05, 0) is 18.6 Å². The molecule has 0 bridgehead atoms. The van der Waals surface area contributed by atoms with Gasteiger partial charge in [0.1, 0.15) is 5.75 Å². The van der Waals surface area contributed by atoms with E-state index < -0.39 is 5.97 Å². The van der Waals surface area contributed by atoms with Crippen LogP contribution in [0.3, 0.4) is 0 Å². The van der Waals surface area contributed by atoms with Crippen LogP contribution < -0.4 is 39.4 Å². The third-order valence-corrected chi connectivity index (χ3v) is 2.29. The van der Waals surface area contributed by atoms with E-state index in [9.17, 15) is 14.7 Å². The van der Waals surface area contributed by atoms with E-state index in [2.05, 4.69) is 6.92 Å². The van der Waals surface area contributed by atoms with Crippen LogP contribution in [-0.2, 0) is 4.79 Å². The number of hydrogen-bond donors (Lipinski definition) is 0. The molecule has 1 rings (SSSR count). The molecule has 0 aromatic heterocycles. The summed E-state index contributed by atoms with van der Waals surface area (Å²) in [5, 5.41) is 10.6. The quantitative estimate of drug-likeness (QED) is 0.271. The zero-order valence-electron chi connectivity index (χ0n) is 10.8. The number of ether oxygens (including phenoxy) is 1. The van der Waals surface area contributed by atoms with E-state index in [1.807, 2.05) is 0 Å². The third kappa shape index (κ3) is 6.19. The first-order chi connectivity index (χ1) is 8.13. The maximum absolute atomic E-state index is 11.4. The minimum Gasteiger partial charge on any atom is -0.545 e. The maximum Gasteiger partial charge on any atom is 1.00 e. The average Bonchev–Trinajstić information content (AvgIpc) is 2.29. The molecule has 0 aliphatic carbocycles. The third-order valence-electron chi connectivity index (χ3n) is 2.29. The smallest absolute Gasteiger partial charge is 0.545 e. The molecule has 0 saturated carbocycles. The SMILES string of the molecule is CCCCCC(=O)Oc1cccc(C(=O)[O-])c1.[Na+]. The molecule has 0 unspecified atom stereocenters. The van der Waals surface area contributed by atoms with Gasteiger partial charge in [-0.1, -0.05) is 31.9 Å². The number of unbranched alkanes of at least 4 members (excludes halogenated alkanes) is 2. The van der Waals surface area contributed by atoms with Crippen molar-refractivity contribution in [1.82, 2.24) is 0 Å². The van der Waals surface area contributed by atoms with Gasteiger partial charge in [0.25, 0.3) is 0 Å². The molecule has 0 spiro atoms. The number of rotatable bonds is 6. The van der Waals surface area contributed by atoms with Gasteiger partial charge in [-0.15, -0.1) is 0 Å². The number of carboxylic acid groups (broad SMARTS) is 1. The largest absolute Gasteiger partial charge is 1.00 e. The van der Waals surface area contributed by atoms with Gasteiger partial charge in [0.05, 0.1) is 5.97 Å². The van der Waals surface area contributed by atoms with Crippen LogP contribution in [0, 0.1) is 0 Å². The first-order valence-corrected chi connectivity index (χ1v) is 5.65. The molecule has 0 amide bonds. The molecule has 5 heteroatoms. The van der Waals surface area contributed by atoms with Crippen molar-refractivity contribution in [2.45, 2.75) is 32.6 Å². The van der Waals surface area contributed by atoms with Gasteiger partial charge in [-0.3, -0.25) is 4.79 Å². The number of benzene rings is 1. The van der Waals surface area contributed by atoms with Gasteiger partial charge in [0, 0.05) is 12.0 Å². The Morgan fingerprint density at radius 3 is 2.61 bits per heavy atom. The van der Waals surface area contributed by atoms with E-state index in [4.69, 9.17) is 4.74 Å². The van der Waals surface area contributed by atoms with Crippen molar-refractivity contribution in [2.24, 2.45) is 0 Å². The zero-order chi connectivity index (χ0) is 12.7. The normalized spacial score (nSPS) is 9.39. The van der Waals surface area contributed by atoms with Crippen LogP contribution in [-0.4, -0.2) is 11.9 Å². The van der Waals surface area contributed by atoms with Gasteiger partial charge < -0.3 is 14.6 Å². The summed E-state index contributed by atoms with van der Waals surface area (Å²) in [4.78, 5) is 22.0. The predicted octanol–water partition coefficient (Wildman–Crippen LogP) is -1.46. The molecular weight excluding hydrogens is 243 g/mol. The molecule has 0 heterocycles. The molecule has 0 fully saturated rings. The van der Waals surface area contributed by atoms with Crippen molar-refractivity contribution in [3.63, 3.8) is 0 Å². The van der Waals surface area contributed by atoms with E-state index in [-0.39, 0.29) is 46.8 Å². The molecular formula is C13H15NaO4.